The summed E-state index contributed by atoms with van der Waals surface area (Å²) in [5.74, 6) is 1.45. The van der Waals surface area contributed by atoms with Crippen molar-refractivity contribution in [1.29, 1.82) is 0 Å². The Balaban J connectivity index is 1.72. The molecule has 0 aromatic heterocycles. The third kappa shape index (κ3) is 4.94. The zero-order valence-corrected chi connectivity index (χ0v) is 13.9. The van der Waals surface area contributed by atoms with Crippen molar-refractivity contribution in [3.8, 4) is 0 Å². The number of fused-ring (bicyclic) bond motifs is 1. The third-order valence-electron chi connectivity index (χ3n) is 5.76. The second-order valence-corrected chi connectivity index (χ2v) is 7.45. The van der Waals surface area contributed by atoms with Gasteiger partial charge in [-0.1, -0.05) is 45.4 Å². The van der Waals surface area contributed by atoms with Gasteiger partial charge in [0.05, 0.1) is 12.2 Å². The Bertz CT molecular complexity index is 297. The number of piperidine rings is 1. The molecular formula is C18H35NO2. The van der Waals surface area contributed by atoms with Crippen molar-refractivity contribution in [3.63, 3.8) is 0 Å². The highest BCUT2D eigenvalue weighted by molar-refractivity contribution is 4.95. The van der Waals surface area contributed by atoms with Gasteiger partial charge in [-0.15, -0.1) is 0 Å². The molecule has 0 spiro atoms. The first-order valence-electron chi connectivity index (χ1n) is 9.24. The molecule has 6 atom stereocenters. The number of nitrogens with one attached hydrogen (secondary N) is 1. The first kappa shape index (κ1) is 17.2. The molecule has 0 radical (unpaired) electrons. The summed E-state index contributed by atoms with van der Waals surface area (Å²) in [7, 11) is 0. The van der Waals surface area contributed by atoms with Gasteiger partial charge in [-0.05, 0) is 44.4 Å². The normalized spacial score (nSPS) is 38.0. The molecule has 0 aromatic rings. The molecule has 0 amide bonds. The van der Waals surface area contributed by atoms with Crippen LogP contribution in [-0.4, -0.2) is 34.5 Å². The van der Waals surface area contributed by atoms with Crippen molar-refractivity contribution in [1.82, 2.24) is 5.32 Å². The highest BCUT2D eigenvalue weighted by Crippen LogP contribution is 2.39. The summed E-state index contributed by atoms with van der Waals surface area (Å²) < 4.78 is 0. The zero-order chi connectivity index (χ0) is 15.2. The van der Waals surface area contributed by atoms with E-state index in [0.717, 1.165) is 38.0 Å². The molecule has 3 nitrogen and oxygen atoms in total. The van der Waals surface area contributed by atoms with E-state index in [1.807, 2.05) is 0 Å². The van der Waals surface area contributed by atoms with Crippen LogP contribution in [0.3, 0.4) is 0 Å². The van der Waals surface area contributed by atoms with Crippen LogP contribution >= 0.6 is 0 Å². The first-order chi connectivity index (χ1) is 10.1. The van der Waals surface area contributed by atoms with E-state index < -0.39 is 0 Å². The van der Waals surface area contributed by atoms with E-state index in [4.69, 9.17) is 0 Å². The number of hydrogen-bond donors (Lipinski definition) is 3. The van der Waals surface area contributed by atoms with Gasteiger partial charge in [0, 0.05) is 12.1 Å². The number of rotatable bonds is 7. The number of aliphatic hydroxyl groups excluding tert-OH is 2. The minimum atomic E-state index is -0.168. The monoisotopic (exact) mass is 297 g/mol. The molecule has 2 fully saturated rings. The molecule has 3 heteroatoms. The van der Waals surface area contributed by atoms with Crippen LogP contribution in [0.5, 0.6) is 0 Å². The highest BCUT2D eigenvalue weighted by atomic mass is 16.3. The van der Waals surface area contributed by atoms with E-state index in [1.54, 1.807) is 0 Å². The lowest BCUT2D eigenvalue weighted by Gasteiger charge is -2.46. The minimum Gasteiger partial charge on any atom is -0.393 e. The molecule has 3 N–H and O–H groups in total. The molecule has 1 saturated heterocycles. The molecule has 2 rings (SSSR count). The van der Waals surface area contributed by atoms with Crippen LogP contribution in [0, 0.1) is 11.8 Å². The summed E-state index contributed by atoms with van der Waals surface area (Å²) in [4.78, 5) is 0. The molecule has 1 aliphatic carbocycles. The third-order valence-corrected chi connectivity index (χ3v) is 5.76. The molecule has 1 aliphatic heterocycles. The summed E-state index contributed by atoms with van der Waals surface area (Å²) in [6.45, 7) is 4.24. The predicted molar refractivity (Wildman–Crippen MR) is 87.2 cm³/mol. The standard InChI is InChI=1S/C18H35NO2/c1-3-7-15(20)10-5-4-8-14-9-6-11-17-16(14)12-18(21)13(2)19-17/h13-21H,3-12H2,1-2H3. The first-order valence-corrected chi connectivity index (χ1v) is 9.24. The lowest BCUT2D eigenvalue weighted by atomic mass is 9.68. The zero-order valence-electron chi connectivity index (χ0n) is 13.9. The van der Waals surface area contributed by atoms with Gasteiger partial charge in [0.15, 0.2) is 0 Å². The predicted octanol–water partition coefficient (Wildman–Crippen LogP) is 3.24. The number of unbranched alkanes of at least 4 members (excludes halogenated alkanes) is 1. The second-order valence-electron chi connectivity index (χ2n) is 7.45. The van der Waals surface area contributed by atoms with Crippen LogP contribution in [0.4, 0.5) is 0 Å². The van der Waals surface area contributed by atoms with E-state index in [1.165, 1.54) is 32.1 Å². The maximum absolute atomic E-state index is 10.1. The average Bonchev–Trinajstić information content (AvgIpc) is 2.45. The topological polar surface area (TPSA) is 52.5 Å². The van der Waals surface area contributed by atoms with Crippen molar-refractivity contribution < 1.29 is 10.2 Å². The maximum atomic E-state index is 10.1. The second kappa shape index (κ2) is 8.50. The molecule has 21 heavy (non-hydrogen) atoms. The van der Waals surface area contributed by atoms with Crippen LogP contribution in [0.15, 0.2) is 0 Å². The van der Waals surface area contributed by atoms with Crippen LogP contribution in [-0.2, 0) is 0 Å². The van der Waals surface area contributed by atoms with E-state index in [9.17, 15) is 10.2 Å². The van der Waals surface area contributed by atoms with Crippen molar-refractivity contribution in [2.75, 3.05) is 0 Å². The van der Waals surface area contributed by atoms with Gasteiger partial charge in [0.1, 0.15) is 0 Å². The highest BCUT2D eigenvalue weighted by Gasteiger charge is 2.39. The van der Waals surface area contributed by atoms with E-state index in [0.29, 0.717) is 12.0 Å². The van der Waals surface area contributed by atoms with Crippen molar-refractivity contribution >= 4 is 0 Å². The molecule has 2 aliphatic rings. The lowest BCUT2D eigenvalue weighted by Crippen LogP contribution is -2.56. The van der Waals surface area contributed by atoms with Crippen molar-refractivity contribution in [3.05, 3.63) is 0 Å². The fraction of sp³-hybridized carbons (Fsp3) is 1.00. The molecular weight excluding hydrogens is 262 g/mol. The van der Waals surface area contributed by atoms with Gasteiger partial charge in [0.25, 0.3) is 0 Å². The van der Waals surface area contributed by atoms with Gasteiger partial charge < -0.3 is 15.5 Å². The van der Waals surface area contributed by atoms with Gasteiger partial charge >= 0.3 is 0 Å². The largest absolute Gasteiger partial charge is 0.393 e. The summed E-state index contributed by atoms with van der Waals surface area (Å²) in [5, 5.41) is 23.6. The lowest BCUT2D eigenvalue weighted by molar-refractivity contribution is 0.0123. The summed E-state index contributed by atoms with van der Waals surface area (Å²) >= 11 is 0. The number of hydrogen-bond acceptors (Lipinski definition) is 3. The minimum absolute atomic E-state index is 0.0897. The quantitative estimate of drug-likeness (QED) is 0.632. The molecule has 0 aromatic carbocycles. The fourth-order valence-corrected chi connectivity index (χ4v) is 4.47. The van der Waals surface area contributed by atoms with Crippen LogP contribution in [0.25, 0.3) is 0 Å². The fourth-order valence-electron chi connectivity index (χ4n) is 4.47. The Hall–Kier alpha value is -0.120. The Morgan fingerprint density at radius 3 is 2.76 bits per heavy atom. The van der Waals surface area contributed by atoms with Gasteiger partial charge in [-0.3, -0.25) is 0 Å². The number of aliphatic hydroxyl groups is 2. The Kier molecular flexibility index (Phi) is 6.97. The molecule has 1 heterocycles. The van der Waals surface area contributed by atoms with Crippen LogP contribution in [0.1, 0.15) is 78.1 Å². The summed E-state index contributed by atoms with van der Waals surface area (Å²) in [5.41, 5.74) is 0. The van der Waals surface area contributed by atoms with E-state index >= 15 is 0 Å². The molecule has 1 saturated carbocycles. The molecule has 0 bridgehead atoms. The average molecular weight is 297 g/mol. The van der Waals surface area contributed by atoms with Crippen molar-refractivity contribution in [2.45, 2.75) is 102 Å². The maximum Gasteiger partial charge on any atom is 0.0693 e. The van der Waals surface area contributed by atoms with Gasteiger partial charge in [-0.25, -0.2) is 0 Å². The van der Waals surface area contributed by atoms with E-state index in [2.05, 4.69) is 19.2 Å². The Morgan fingerprint density at radius 2 is 2.00 bits per heavy atom. The summed E-state index contributed by atoms with van der Waals surface area (Å²) in [6.07, 6.45) is 11.3. The van der Waals surface area contributed by atoms with Gasteiger partial charge in [-0.2, -0.15) is 0 Å². The van der Waals surface area contributed by atoms with E-state index in [-0.39, 0.29) is 18.2 Å². The SMILES string of the molecule is CCCC(O)CCCCC1CCCC2NC(C)C(O)CC12. The molecule has 6 unspecified atom stereocenters. The van der Waals surface area contributed by atoms with Crippen molar-refractivity contribution in [2.24, 2.45) is 11.8 Å². The Morgan fingerprint density at radius 1 is 1.19 bits per heavy atom. The smallest absolute Gasteiger partial charge is 0.0693 e. The van der Waals surface area contributed by atoms with Gasteiger partial charge in [0.2, 0.25) is 0 Å². The van der Waals surface area contributed by atoms with Crippen LogP contribution in [0.2, 0.25) is 0 Å². The molecule has 124 valence electrons. The summed E-state index contributed by atoms with van der Waals surface area (Å²) in [6, 6.07) is 0.891. The Labute approximate surface area is 130 Å². The van der Waals surface area contributed by atoms with Crippen LogP contribution < -0.4 is 5.32 Å².